The van der Waals surface area contributed by atoms with Crippen molar-refractivity contribution in [3.8, 4) is 0 Å². The molecule has 7 heteroatoms. The minimum Gasteiger partial charge on any atom is -0.452 e. The van der Waals surface area contributed by atoms with Crippen molar-refractivity contribution in [1.29, 1.82) is 0 Å². The number of rotatable bonds is 4. The van der Waals surface area contributed by atoms with Crippen LogP contribution in [0.25, 0.3) is 0 Å². The summed E-state index contributed by atoms with van der Waals surface area (Å²) in [5.41, 5.74) is 6.06. The van der Waals surface area contributed by atoms with E-state index in [9.17, 15) is 14.0 Å². The number of carbonyl (C=O) groups is 2. The summed E-state index contributed by atoms with van der Waals surface area (Å²) in [6.45, 7) is -0.467. The number of nitrogens with two attached hydrogens (primary N) is 1. The third-order valence-electron chi connectivity index (χ3n) is 2.70. The van der Waals surface area contributed by atoms with Gasteiger partial charge in [-0.15, -0.1) is 0 Å². The van der Waals surface area contributed by atoms with Crippen LogP contribution in [0.4, 0.5) is 15.8 Å². The maximum atomic E-state index is 12.9. The van der Waals surface area contributed by atoms with Crippen LogP contribution in [0.15, 0.2) is 46.9 Å². The van der Waals surface area contributed by atoms with Gasteiger partial charge in [0.25, 0.3) is 5.91 Å². The Balaban J connectivity index is 1.90. The molecule has 114 valence electrons. The van der Waals surface area contributed by atoms with Gasteiger partial charge < -0.3 is 15.8 Å². The quantitative estimate of drug-likeness (QED) is 0.643. The fraction of sp³-hybridized carbons (Fsp3) is 0.0667. The van der Waals surface area contributed by atoms with E-state index in [1.165, 1.54) is 6.07 Å². The SMILES string of the molecule is Nc1cc(F)ccc1C(=O)OCC(=O)Nc1ccc(Br)cc1. The summed E-state index contributed by atoms with van der Waals surface area (Å²) in [6.07, 6.45) is 0. The molecule has 3 N–H and O–H groups in total. The molecule has 0 atom stereocenters. The summed E-state index contributed by atoms with van der Waals surface area (Å²) in [4.78, 5) is 23.4. The number of amides is 1. The summed E-state index contributed by atoms with van der Waals surface area (Å²) < 4.78 is 18.6. The number of carbonyl (C=O) groups excluding carboxylic acids is 2. The van der Waals surface area contributed by atoms with Crippen molar-refractivity contribution in [1.82, 2.24) is 0 Å². The molecule has 0 unspecified atom stereocenters. The Morgan fingerprint density at radius 3 is 2.50 bits per heavy atom. The molecule has 2 aromatic carbocycles. The third kappa shape index (κ3) is 4.29. The molecule has 0 saturated heterocycles. The highest BCUT2D eigenvalue weighted by Crippen LogP contribution is 2.15. The lowest BCUT2D eigenvalue weighted by atomic mass is 10.2. The highest BCUT2D eigenvalue weighted by molar-refractivity contribution is 9.10. The standard InChI is InChI=1S/C15H12BrFN2O3/c16-9-1-4-11(5-2-9)19-14(20)8-22-15(21)12-6-3-10(17)7-13(12)18/h1-7H,8,18H2,(H,19,20). The van der Waals surface area contributed by atoms with E-state index in [0.29, 0.717) is 5.69 Å². The maximum Gasteiger partial charge on any atom is 0.340 e. The Labute approximate surface area is 134 Å². The van der Waals surface area contributed by atoms with Gasteiger partial charge in [-0.05, 0) is 42.5 Å². The Morgan fingerprint density at radius 2 is 1.86 bits per heavy atom. The molecule has 2 rings (SSSR count). The van der Waals surface area contributed by atoms with Crippen LogP contribution in [0.5, 0.6) is 0 Å². The first-order valence-corrected chi connectivity index (χ1v) is 7.02. The van der Waals surface area contributed by atoms with Crippen molar-refractivity contribution in [2.75, 3.05) is 17.7 Å². The van der Waals surface area contributed by atoms with Crippen LogP contribution in [0.3, 0.4) is 0 Å². The predicted molar refractivity (Wildman–Crippen MR) is 83.9 cm³/mol. The van der Waals surface area contributed by atoms with E-state index in [-0.39, 0.29) is 11.3 Å². The molecule has 0 aromatic heterocycles. The Morgan fingerprint density at radius 1 is 1.18 bits per heavy atom. The van der Waals surface area contributed by atoms with Gasteiger partial charge in [-0.1, -0.05) is 15.9 Å². The smallest absolute Gasteiger partial charge is 0.340 e. The van der Waals surface area contributed by atoms with E-state index in [0.717, 1.165) is 16.6 Å². The fourth-order valence-electron chi connectivity index (χ4n) is 1.66. The van der Waals surface area contributed by atoms with Crippen molar-refractivity contribution in [3.05, 3.63) is 58.3 Å². The monoisotopic (exact) mass is 366 g/mol. The number of esters is 1. The zero-order valence-electron chi connectivity index (χ0n) is 11.3. The Kier molecular flexibility index (Phi) is 5.11. The molecular formula is C15H12BrFN2O3. The molecule has 22 heavy (non-hydrogen) atoms. The van der Waals surface area contributed by atoms with Crippen molar-refractivity contribution >= 4 is 39.2 Å². The van der Waals surface area contributed by atoms with E-state index < -0.39 is 24.3 Å². The lowest BCUT2D eigenvalue weighted by Crippen LogP contribution is -2.21. The van der Waals surface area contributed by atoms with Crippen LogP contribution in [0.1, 0.15) is 10.4 Å². The lowest BCUT2D eigenvalue weighted by Gasteiger charge is -2.08. The molecule has 1 amide bonds. The molecule has 0 fully saturated rings. The average Bonchev–Trinajstić information content (AvgIpc) is 2.47. The number of hydrogen-bond donors (Lipinski definition) is 2. The first-order valence-electron chi connectivity index (χ1n) is 6.23. The second kappa shape index (κ2) is 7.04. The van der Waals surface area contributed by atoms with E-state index in [1.807, 2.05) is 0 Å². The minimum absolute atomic E-state index is 0.0119. The van der Waals surface area contributed by atoms with Crippen molar-refractivity contribution < 1.29 is 18.7 Å². The van der Waals surface area contributed by atoms with Crippen LogP contribution in [0, 0.1) is 5.82 Å². The molecule has 0 radical (unpaired) electrons. The number of halogens is 2. The lowest BCUT2D eigenvalue weighted by molar-refractivity contribution is -0.119. The van der Waals surface area contributed by atoms with Gasteiger partial charge in [-0.3, -0.25) is 4.79 Å². The largest absolute Gasteiger partial charge is 0.452 e. The van der Waals surface area contributed by atoms with Gasteiger partial charge in [-0.2, -0.15) is 0 Å². The second-order valence-corrected chi connectivity index (χ2v) is 5.28. The van der Waals surface area contributed by atoms with Gasteiger partial charge in [0.2, 0.25) is 0 Å². The topological polar surface area (TPSA) is 81.4 Å². The van der Waals surface area contributed by atoms with Crippen LogP contribution in [-0.2, 0) is 9.53 Å². The van der Waals surface area contributed by atoms with E-state index in [1.54, 1.807) is 24.3 Å². The highest BCUT2D eigenvalue weighted by Gasteiger charge is 2.13. The first-order chi connectivity index (χ1) is 10.5. The predicted octanol–water partition coefficient (Wildman–Crippen LogP) is 2.97. The number of hydrogen-bond acceptors (Lipinski definition) is 4. The van der Waals surface area contributed by atoms with Gasteiger partial charge in [0, 0.05) is 15.8 Å². The molecular weight excluding hydrogens is 355 g/mol. The van der Waals surface area contributed by atoms with Crippen molar-refractivity contribution in [2.24, 2.45) is 0 Å². The van der Waals surface area contributed by atoms with Gasteiger partial charge in [0.1, 0.15) is 5.82 Å². The van der Waals surface area contributed by atoms with Crippen LogP contribution in [0.2, 0.25) is 0 Å². The molecule has 5 nitrogen and oxygen atoms in total. The summed E-state index contributed by atoms with van der Waals surface area (Å²) in [7, 11) is 0. The van der Waals surface area contributed by atoms with Gasteiger partial charge in [0.15, 0.2) is 6.61 Å². The molecule has 0 aliphatic heterocycles. The summed E-state index contributed by atoms with van der Waals surface area (Å²) in [5.74, 6) is -1.83. The van der Waals surface area contributed by atoms with Crippen LogP contribution < -0.4 is 11.1 Å². The number of nitrogen functional groups attached to an aromatic ring is 1. The molecule has 0 spiro atoms. The minimum atomic E-state index is -0.788. The van der Waals surface area contributed by atoms with E-state index in [2.05, 4.69) is 21.2 Å². The normalized spacial score (nSPS) is 10.1. The third-order valence-corrected chi connectivity index (χ3v) is 3.22. The zero-order valence-corrected chi connectivity index (χ0v) is 12.9. The van der Waals surface area contributed by atoms with Gasteiger partial charge in [0.05, 0.1) is 5.56 Å². The molecule has 0 aliphatic carbocycles. The first kappa shape index (κ1) is 16.0. The van der Waals surface area contributed by atoms with Crippen LogP contribution in [-0.4, -0.2) is 18.5 Å². The fourth-order valence-corrected chi connectivity index (χ4v) is 1.92. The van der Waals surface area contributed by atoms with Gasteiger partial charge in [-0.25, -0.2) is 9.18 Å². The number of anilines is 2. The summed E-state index contributed by atoms with van der Waals surface area (Å²) in [6, 6.07) is 10.2. The molecule has 0 aliphatic rings. The zero-order chi connectivity index (χ0) is 16.1. The van der Waals surface area contributed by atoms with Gasteiger partial charge >= 0.3 is 5.97 Å². The van der Waals surface area contributed by atoms with E-state index in [4.69, 9.17) is 10.5 Å². The van der Waals surface area contributed by atoms with Crippen LogP contribution >= 0.6 is 15.9 Å². The number of nitrogens with one attached hydrogen (secondary N) is 1. The van der Waals surface area contributed by atoms with Crippen molar-refractivity contribution in [2.45, 2.75) is 0 Å². The Bertz CT molecular complexity index is 704. The molecule has 0 heterocycles. The number of benzene rings is 2. The van der Waals surface area contributed by atoms with E-state index >= 15 is 0 Å². The summed E-state index contributed by atoms with van der Waals surface area (Å²) in [5, 5.41) is 2.57. The second-order valence-electron chi connectivity index (χ2n) is 4.36. The average molecular weight is 367 g/mol. The molecule has 0 bridgehead atoms. The highest BCUT2D eigenvalue weighted by atomic mass is 79.9. The van der Waals surface area contributed by atoms with Crippen molar-refractivity contribution in [3.63, 3.8) is 0 Å². The Hall–Kier alpha value is -2.41. The number of ether oxygens (including phenoxy) is 1. The molecule has 2 aromatic rings. The summed E-state index contributed by atoms with van der Waals surface area (Å²) >= 11 is 3.28. The molecule has 0 saturated carbocycles. The maximum absolute atomic E-state index is 12.9.